The van der Waals surface area contributed by atoms with Crippen molar-refractivity contribution in [3.05, 3.63) is 65.7 Å². The number of imide groups is 1. The molecule has 2 saturated heterocycles. The summed E-state index contributed by atoms with van der Waals surface area (Å²) in [5, 5.41) is 12.2. The number of hydrogen-bond acceptors (Lipinski definition) is 6. The lowest BCUT2D eigenvalue weighted by Crippen LogP contribution is -2.45. The van der Waals surface area contributed by atoms with Crippen molar-refractivity contribution in [3.63, 3.8) is 0 Å². The number of phenolic OH excluding ortho intramolecular Hbond substituents is 1. The second-order valence-corrected chi connectivity index (χ2v) is 7.07. The number of ether oxygens (including phenoxy) is 1. The zero-order valence-electron chi connectivity index (χ0n) is 15.6. The minimum atomic E-state index is -0.617. The summed E-state index contributed by atoms with van der Waals surface area (Å²) in [5.74, 6) is -0.950. The predicted octanol–water partition coefficient (Wildman–Crippen LogP) is 1.45. The Kier molecular flexibility index (Phi) is 5.13. The van der Waals surface area contributed by atoms with E-state index in [0.29, 0.717) is 18.7 Å². The number of para-hydroxylation sites is 1. The molecular weight excluding hydrogens is 358 g/mol. The third-order valence-corrected chi connectivity index (χ3v) is 5.40. The average molecular weight is 381 g/mol. The lowest BCUT2D eigenvalue weighted by molar-refractivity contribution is -0.142. The van der Waals surface area contributed by atoms with Gasteiger partial charge in [-0.15, -0.1) is 0 Å². The quantitative estimate of drug-likeness (QED) is 0.737. The van der Waals surface area contributed by atoms with Crippen molar-refractivity contribution < 1.29 is 19.4 Å². The maximum Gasteiger partial charge on any atom is 0.248 e. The minimum Gasteiger partial charge on any atom is -0.508 e. The highest BCUT2D eigenvalue weighted by Gasteiger charge is 2.58. The maximum absolute atomic E-state index is 13.1. The molecule has 0 saturated carbocycles. The normalized spacial score (nSPS) is 24.8. The van der Waals surface area contributed by atoms with Crippen molar-refractivity contribution in [2.75, 3.05) is 20.3 Å². The van der Waals surface area contributed by atoms with E-state index in [2.05, 4.69) is 5.43 Å². The van der Waals surface area contributed by atoms with Crippen molar-refractivity contribution in [1.29, 1.82) is 0 Å². The van der Waals surface area contributed by atoms with E-state index in [1.54, 1.807) is 25.3 Å². The number of benzene rings is 2. The molecule has 0 radical (unpaired) electrons. The van der Waals surface area contributed by atoms with Crippen LogP contribution in [0.15, 0.2) is 54.6 Å². The first kappa shape index (κ1) is 18.6. The number of likely N-dealkylation sites (tertiary alicyclic amines) is 1. The number of phenols is 1. The van der Waals surface area contributed by atoms with E-state index >= 15 is 0 Å². The number of carbonyl (C=O) groups is 2. The standard InChI is InChI=1S/C21H23N3O4/c1-28-12-11-23-20(26)17-18(15-9-5-6-10-16(15)25)22-24(19(17)21(23)27)13-14-7-3-2-4-8-14/h2-10,17-19,22,25H,11-13H2,1H3/t17-,18-,19+/m1/s1. The van der Waals surface area contributed by atoms with E-state index in [-0.39, 0.29) is 24.1 Å². The van der Waals surface area contributed by atoms with Crippen LogP contribution in [0.5, 0.6) is 5.75 Å². The molecule has 2 N–H and O–H groups in total. The van der Waals surface area contributed by atoms with Crippen LogP contribution < -0.4 is 5.43 Å². The van der Waals surface area contributed by atoms with Crippen LogP contribution in [0.4, 0.5) is 0 Å². The van der Waals surface area contributed by atoms with Crippen molar-refractivity contribution in [2.45, 2.75) is 18.6 Å². The molecule has 0 bridgehead atoms. The van der Waals surface area contributed by atoms with Gasteiger partial charge >= 0.3 is 0 Å². The number of hydrazine groups is 1. The first-order valence-electron chi connectivity index (χ1n) is 9.30. The van der Waals surface area contributed by atoms with E-state index in [1.165, 1.54) is 4.90 Å². The minimum absolute atomic E-state index is 0.107. The predicted molar refractivity (Wildman–Crippen MR) is 102 cm³/mol. The highest BCUT2D eigenvalue weighted by Crippen LogP contribution is 2.42. The Morgan fingerprint density at radius 1 is 1.04 bits per heavy atom. The molecule has 7 heteroatoms. The van der Waals surface area contributed by atoms with Gasteiger partial charge in [0.2, 0.25) is 11.8 Å². The third-order valence-electron chi connectivity index (χ3n) is 5.40. The van der Waals surface area contributed by atoms with Crippen LogP contribution in [0.3, 0.4) is 0 Å². The van der Waals surface area contributed by atoms with Crippen molar-refractivity contribution in [3.8, 4) is 5.75 Å². The summed E-state index contributed by atoms with van der Waals surface area (Å²) in [4.78, 5) is 27.5. The van der Waals surface area contributed by atoms with E-state index in [4.69, 9.17) is 4.74 Å². The fraction of sp³-hybridized carbons (Fsp3) is 0.333. The highest BCUT2D eigenvalue weighted by atomic mass is 16.5. The Hall–Kier alpha value is -2.74. The Morgan fingerprint density at radius 2 is 1.75 bits per heavy atom. The first-order valence-corrected chi connectivity index (χ1v) is 9.30. The van der Waals surface area contributed by atoms with Gasteiger partial charge in [-0.3, -0.25) is 14.5 Å². The monoisotopic (exact) mass is 381 g/mol. The molecule has 3 atom stereocenters. The molecule has 2 amide bonds. The van der Waals surface area contributed by atoms with E-state index in [1.807, 2.05) is 41.4 Å². The SMILES string of the molecule is COCCN1C(=O)[C@@H]2[C@@H](c3ccccc3O)NN(Cc3ccccc3)[C@@H]2C1=O. The second kappa shape index (κ2) is 7.71. The summed E-state index contributed by atoms with van der Waals surface area (Å²) in [7, 11) is 1.54. The van der Waals surface area contributed by atoms with Crippen molar-refractivity contribution in [2.24, 2.45) is 5.92 Å². The van der Waals surface area contributed by atoms with Gasteiger partial charge in [-0.2, -0.15) is 0 Å². The van der Waals surface area contributed by atoms with E-state index in [0.717, 1.165) is 5.56 Å². The molecule has 0 aliphatic carbocycles. The zero-order valence-corrected chi connectivity index (χ0v) is 15.6. The van der Waals surface area contributed by atoms with Gasteiger partial charge in [-0.05, 0) is 11.6 Å². The summed E-state index contributed by atoms with van der Waals surface area (Å²) in [5.41, 5.74) is 4.95. The number of fused-ring (bicyclic) bond motifs is 1. The average Bonchev–Trinajstić information content (AvgIpc) is 3.18. The maximum atomic E-state index is 13.1. The summed E-state index contributed by atoms with van der Waals surface area (Å²) in [6.07, 6.45) is 0. The molecule has 146 valence electrons. The second-order valence-electron chi connectivity index (χ2n) is 7.07. The fourth-order valence-electron chi connectivity index (χ4n) is 4.07. The Bertz CT molecular complexity index is 873. The van der Waals surface area contributed by atoms with Gasteiger partial charge in [0, 0.05) is 19.2 Å². The Morgan fingerprint density at radius 3 is 2.46 bits per heavy atom. The molecule has 4 rings (SSSR count). The van der Waals surface area contributed by atoms with Crippen molar-refractivity contribution in [1.82, 2.24) is 15.3 Å². The topological polar surface area (TPSA) is 82.1 Å². The van der Waals surface area contributed by atoms with Gasteiger partial charge in [-0.1, -0.05) is 48.5 Å². The number of rotatable bonds is 6. The van der Waals surface area contributed by atoms with Gasteiger partial charge in [0.25, 0.3) is 0 Å². The smallest absolute Gasteiger partial charge is 0.248 e. The molecule has 28 heavy (non-hydrogen) atoms. The lowest BCUT2D eigenvalue weighted by Gasteiger charge is -2.25. The number of hydrogen-bond donors (Lipinski definition) is 2. The van der Waals surface area contributed by atoms with Crippen LogP contribution in [-0.2, 0) is 20.9 Å². The molecule has 2 aromatic carbocycles. The van der Waals surface area contributed by atoms with Gasteiger partial charge < -0.3 is 9.84 Å². The number of carbonyl (C=O) groups excluding carboxylic acids is 2. The molecule has 7 nitrogen and oxygen atoms in total. The van der Waals surface area contributed by atoms with Gasteiger partial charge in [-0.25, -0.2) is 10.4 Å². The van der Waals surface area contributed by atoms with Crippen LogP contribution in [0.25, 0.3) is 0 Å². The molecule has 2 heterocycles. The highest BCUT2D eigenvalue weighted by molar-refractivity contribution is 6.08. The van der Waals surface area contributed by atoms with Crippen LogP contribution in [-0.4, -0.2) is 53.1 Å². The van der Waals surface area contributed by atoms with Crippen LogP contribution in [0.1, 0.15) is 17.2 Å². The molecule has 0 aromatic heterocycles. The van der Waals surface area contributed by atoms with E-state index in [9.17, 15) is 14.7 Å². The number of methoxy groups -OCH3 is 1. The fourth-order valence-corrected chi connectivity index (χ4v) is 4.07. The van der Waals surface area contributed by atoms with Crippen molar-refractivity contribution >= 4 is 11.8 Å². The molecule has 2 aliphatic rings. The number of nitrogens with one attached hydrogen (secondary N) is 1. The first-order chi connectivity index (χ1) is 13.6. The van der Waals surface area contributed by atoms with Gasteiger partial charge in [0.05, 0.1) is 25.1 Å². The van der Waals surface area contributed by atoms with E-state index < -0.39 is 18.0 Å². The Labute approximate surface area is 163 Å². The van der Waals surface area contributed by atoms with Crippen LogP contribution in [0.2, 0.25) is 0 Å². The molecule has 2 fully saturated rings. The van der Waals surface area contributed by atoms with Crippen LogP contribution in [0, 0.1) is 5.92 Å². The third kappa shape index (κ3) is 3.17. The lowest BCUT2D eigenvalue weighted by atomic mass is 9.90. The number of amides is 2. The summed E-state index contributed by atoms with van der Waals surface area (Å²) in [6, 6.07) is 15.6. The van der Waals surface area contributed by atoms with Gasteiger partial charge in [0.1, 0.15) is 11.8 Å². The largest absolute Gasteiger partial charge is 0.508 e. The molecule has 2 aliphatic heterocycles. The summed E-state index contributed by atoms with van der Waals surface area (Å²) in [6.45, 7) is 1.00. The van der Waals surface area contributed by atoms with Crippen LogP contribution >= 0.6 is 0 Å². The molecule has 0 unspecified atom stereocenters. The molecular formula is C21H23N3O4. The number of nitrogens with zero attached hydrogens (tertiary/aromatic N) is 2. The Balaban J connectivity index is 1.69. The van der Waals surface area contributed by atoms with Gasteiger partial charge in [0.15, 0.2) is 0 Å². The number of aromatic hydroxyl groups is 1. The summed E-state index contributed by atoms with van der Waals surface area (Å²) < 4.78 is 5.06. The zero-order chi connectivity index (χ0) is 19.7. The molecule has 0 spiro atoms. The molecule has 2 aromatic rings. The summed E-state index contributed by atoms with van der Waals surface area (Å²) >= 11 is 0.